The number of carbonyl (C=O) groups excluding carboxylic acids is 1. The number of likely N-dealkylation sites (N-methyl/N-ethyl adjacent to an activating group) is 1. The molecule has 36 heavy (non-hydrogen) atoms. The van der Waals surface area contributed by atoms with Crippen LogP contribution in [0.15, 0.2) is 24.4 Å². The van der Waals surface area contributed by atoms with Crippen molar-refractivity contribution in [3.8, 4) is 5.75 Å². The molecule has 1 aromatic carbocycles. The Kier molecular flexibility index (Phi) is 7.44. The van der Waals surface area contributed by atoms with E-state index in [0.29, 0.717) is 47.0 Å². The Morgan fingerprint density at radius 2 is 2.14 bits per heavy atom. The highest BCUT2D eigenvalue weighted by Crippen LogP contribution is 2.63. The summed E-state index contributed by atoms with van der Waals surface area (Å²) in [5.74, 6) is 2.86. The van der Waals surface area contributed by atoms with Gasteiger partial charge in [0.05, 0.1) is 0 Å². The van der Waals surface area contributed by atoms with Crippen LogP contribution in [0.2, 0.25) is 0 Å². The lowest BCUT2D eigenvalue weighted by molar-refractivity contribution is -0.116. The molecule has 7 heteroatoms. The maximum Gasteiger partial charge on any atom is 0.226 e. The number of anilines is 1. The summed E-state index contributed by atoms with van der Waals surface area (Å²) in [4.78, 5) is 20.5. The van der Waals surface area contributed by atoms with Gasteiger partial charge in [-0.05, 0) is 112 Å². The molecule has 6 atom stereocenters. The molecule has 0 saturated heterocycles. The maximum absolute atomic E-state index is 12.8. The van der Waals surface area contributed by atoms with Gasteiger partial charge in [-0.2, -0.15) is 0 Å². The number of amides is 1. The topological polar surface area (TPSA) is 77.5 Å². The second-order valence-corrected chi connectivity index (χ2v) is 13.2. The molecule has 2 fully saturated rings. The maximum atomic E-state index is 12.8. The molecule has 0 radical (unpaired) electrons. The first-order valence-electron chi connectivity index (χ1n) is 13.7. The van der Waals surface area contributed by atoms with Crippen LogP contribution in [0.5, 0.6) is 5.75 Å². The van der Waals surface area contributed by atoms with E-state index in [1.165, 1.54) is 41.7 Å². The first-order valence-corrected chi connectivity index (χ1v) is 14.5. The second kappa shape index (κ2) is 10.4. The number of nitrogens with one attached hydrogen (secondary N) is 2. The van der Waals surface area contributed by atoms with Gasteiger partial charge < -0.3 is 20.6 Å². The first kappa shape index (κ1) is 25.7. The standard InChI is InChI=1S/C29H42N4O2S/c1-18-17-31-28(36-18)32-26(35)10-6-20-16-25(30-13-14-33(3)4)29(2)12-11-23-22-9-7-21(34)15-19(22)5-8-24(23)27(20)29/h7,9,15,17,20,23-25,27,30,34H,5-6,8,10-14,16H2,1-4H3,(H,31,32,35)/t20-,23?,24?,25?,27?,29-/m1/s1. The van der Waals surface area contributed by atoms with E-state index in [9.17, 15) is 9.90 Å². The van der Waals surface area contributed by atoms with Gasteiger partial charge >= 0.3 is 0 Å². The third kappa shape index (κ3) is 5.07. The number of thiazole rings is 1. The fourth-order valence-electron chi connectivity index (χ4n) is 7.85. The van der Waals surface area contributed by atoms with Crippen LogP contribution < -0.4 is 10.6 Å². The van der Waals surface area contributed by atoms with Gasteiger partial charge in [-0.25, -0.2) is 4.98 Å². The molecule has 6 nitrogen and oxygen atoms in total. The van der Waals surface area contributed by atoms with Crippen molar-refractivity contribution in [1.29, 1.82) is 0 Å². The van der Waals surface area contributed by atoms with Crippen molar-refractivity contribution in [2.24, 2.45) is 23.2 Å². The third-order valence-corrected chi connectivity index (χ3v) is 10.2. The van der Waals surface area contributed by atoms with Gasteiger partial charge in [0.15, 0.2) is 5.13 Å². The highest BCUT2D eigenvalue weighted by molar-refractivity contribution is 7.15. The summed E-state index contributed by atoms with van der Waals surface area (Å²) in [5.41, 5.74) is 3.06. The molecule has 3 aliphatic rings. The van der Waals surface area contributed by atoms with E-state index in [-0.39, 0.29) is 11.3 Å². The zero-order chi connectivity index (χ0) is 25.4. The molecule has 0 spiro atoms. The molecule has 5 rings (SSSR count). The van der Waals surface area contributed by atoms with Gasteiger partial charge in [0, 0.05) is 36.6 Å². The number of rotatable bonds is 8. The number of aromatic nitrogens is 1. The van der Waals surface area contributed by atoms with E-state index < -0.39 is 0 Å². The highest BCUT2D eigenvalue weighted by Gasteiger charge is 2.58. The average Bonchev–Trinajstić information content (AvgIpc) is 3.36. The van der Waals surface area contributed by atoms with Gasteiger partial charge in [-0.15, -0.1) is 11.3 Å². The van der Waals surface area contributed by atoms with Gasteiger partial charge in [0.1, 0.15) is 5.75 Å². The quantitative estimate of drug-likeness (QED) is 0.456. The predicted molar refractivity (Wildman–Crippen MR) is 147 cm³/mol. The van der Waals surface area contributed by atoms with E-state index in [1.807, 2.05) is 25.3 Å². The van der Waals surface area contributed by atoms with Crippen molar-refractivity contribution in [2.75, 3.05) is 32.5 Å². The predicted octanol–water partition coefficient (Wildman–Crippen LogP) is 5.18. The molecule has 0 bridgehead atoms. The van der Waals surface area contributed by atoms with Crippen LogP contribution in [0, 0.1) is 30.1 Å². The van der Waals surface area contributed by atoms with Crippen LogP contribution in [-0.2, 0) is 11.2 Å². The van der Waals surface area contributed by atoms with Crippen molar-refractivity contribution in [3.05, 3.63) is 40.4 Å². The van der Waals surface area contributed by atoms with E-state index in [4.69, 9.17) is 0 Å². The van der Waals surface area contributed by atoms with Gasteiger partial charge in [0.2, 0.25) is 5.91 Å². The summed E-state index contributed by atoms with van der Waals surface area (Å²) in [6.45, 7) is 6.60. The molecule has 4 unspecified atom stereocenters. The van der Waals surface area contributed by atoms with Crippen LogP contribution in [0.25, 0.3) is 0 Å². The zero-order valence-corrected chi connectivity index (χ0v) is 23.0. The minimum Gasteiger partial charge on any atom is -0.508 e. The van der Waals surface area contributed by atoms with Crippen molar-refractivity contribution < 1.29 is 9.90 Å². The van der Waals surface area contributed by atoms with Crippen molar-refractivity contribution in [1.82, 2.24) is 15.2 Å². The fraction of sp³-hybridized carbons (Fsp3) is 0.655. The zero-order valence-electron chi connectivity index (χ0n) is 22.2. The number of fused-ring (bicyclic) bond motifs is 5. The number of aromatic hydroxyl groups is 1. The van der Waals surface area contributed by atoms with E-state index in [1.54, 1.807) is 0 Å². The van der Waals surface area contributed by atoms with Crippen LogP contribution in [0.1, 0.15) is 67.4 Å². The molecule has 196 valence electrons. The van der Waals surface area contributed by atoms with Crippen molar-refractivity contribution in [2.45, 2.75) is 70.8 Å². The van der Waals surface area contributed by atoms with Gasteiger partial charge in [-0.1, -0.05) is 13.0 Å². The average molecular weight is 511 g/mol. The Hall–Kier alpha value is -1.96. The summed E-state index contributed by atoms with van der Waals surface area (Å²) < 4.78 is 0. The lowest BCUT2D eigenvalue weighted by Gasteiger charge is -2.52. The van der Waals surface area contributed by atoms with Crippen LogP contribution >= 0.6 is 11.3 Å². The number of phenolic OH excluding ortho intramolecular Hbond substituents is 1. The first-order chi connectivity index (χ1) is 17.2. The molecule has 1 heterocycles. The molecule has 3 aliphatic carbocycles. The number of carbonyl (C=O) groups is 1. The minimum absolute atomic E-state index is 0.0897. The van der Waals surface area contributed by atoms with Crippen molar-refractivity contribution in [3.63, 3.8) is 0 Å². The molecule has 1 aromatic heterocycles. The van der Waals surface area contributed by atoms with E-state index in [0.717, 1.165) is 37.2 Å². The molecular weight excluding hydrogens is 468 g/mol. The lowest BCUT2D eigenvalue weighted by atomic mass is 9.53. The number of hydrogen-bond acceptors (Lipinski definition) is 6. The molecule has 1 amide bonds. The molecular formula is C29H42N4O2S. The van der Waals surface area contributed by atoms with E-state index in [2.05, 4.69) is 47.6 Å². The summed E-state index contributed by atoms with van der Waals surface area (Å²) >= 11 is 1.54. The Bertz CT molecular complexity index is 1080. The Labute approximate surface area is 219 Å². The SMILES string of the molecule is Cc1cnc(NC(=O)CC[C@@H]2CC(NCCN(C)C)[C@@]3(C)CCC4c5ccc(O)cc5CCC4C23)s1. The molecule has 0 aliphatic heterocycles. The van der Waals surface area contributed by atoms with Gasteiger partial charge in [0.25, 0.3) is 0 Å². The number of hydrogen-bond donors (Lipinski definition) is 3. The van der Waals surface area contributed by atoms with Crippen molar-refractivity contribution >= 4 is 22.4 Å². The fourth-order valence-corrected chi connectivity index (χ4v) is 8.53. The minimum atomic E-state index is 0.0897. The number of aryl methyl sites for hydroxylation is 2. The Balaban J connectivity index is 1.34. The second-order valence-electron chi connectivity index (χ2n) is 11.9. The van der Waals surface area contributed by atoms with E-state index >= 15 is 0 Å². The largest absolute Gasteiger partial charge is 0.508 e. The summed E-state index contributed by atoms with van der Waals surface area (Å²) in [5, 5.41) is 17.7. The smallest absolute Gasteiger partial charge is 0.226 e. The van der Waals surface area contributed by atoms with Crippen LogP contribution in [-0.4, -0.2) is 54.1 Å². The number of benzene rings is 1. The molecule has 2 saturated carbocycles. The van der Waals surface area contributed by atoms with Gasteiger partial charge in [-0.3, -0.25) is 4.79 Å². The van der Waals surface area contributed by atoms with Crippen LogP contribution in [0.3, 0.4) is 0 Å². The molecule has 3 N–H and O–H groups in total. The third-order valence-electron chi connectivity index (χ3n) is 9.41. The number of phenols is 1. The molecule has 2 aromatic rings. The lowest BCUT2D eigenvalue weighted by Crippen LogP contribution is -2.50. The summed E-state index contributed by atoms with van der Waals surface area (Å²) in [6, 6.07) is 6.54. The number of nitrogens with zero attached hydrogens (tertiary/aromatic N) is 2. The Morgan fingerprint density at radius 3 is 2.89 bits per heavy atom. The highest BCUT2D eigenvalue weighted by atomic mass is 32.1. The normalized spacial score (nSPS) is 31.1. The Morgan fingerprint density at radius 1 is 1.31 bits per heavy atom. The van der Waals surface area contributed by atoms with Crippen LogP contribution in [0.4, 0.5) is 5.13 Å². The summed E-state index contributed by atoms with van der Waals surface area (Å²) in [7, 11) is 4.27. The summed E-state index contributed by atoms with van der Waals surface area (Å²) in [6.07, 6.45) is 9.15. The monoisotopic (exact) mass is 510 g/mol.